The lowest BCUT2D eigenvalue weighted by atomic mass is 9.96. The van der Waals surface area contributed by atoms with E-state index in [1.165, 1.54) is 6.33 Å². The van der Waals surface area contributed by atoms with E-state index in [-0.39, 0.29) is 12.5 Å². The maximum atomic E-state index is 12.7. The second kappa shape index (κ2) is 8.38. The largest absolute Gasteiger partial charge is 0.381 e. The third-order valence-corrected chi connectivity index (χ3v) is 5.86. The van der Waals surface area contributed by atoms with Gasteiger partial charge in [0.1, 0.15) is 12.0 Å². The fraction of sp³-hybridized carbons (Fsp3) is 0.429. The van der Waals surface area contributed by atoms with Gasteiger partial charge in [-0.05, 0) is 43.7 Å². The van der Waals surface area contributed by atoms with E-state index in [1.807, 2.05) is 13.0 Å². The Bertz CT molecular complexity index is 1080. The number of pyridine rings is 1. The summed E-state index contributed by atoms with van der Waals surface area (Å²) >= 11 is 0. The van der Waals surface area contributed by atoms with Crippen molar-refractivity contribution >= 4 is 17.5 Å². The predicted octanol–water partition coefficient (Wildman–Crippen LogP) is 2.21. The van der Waals surface area contributed by atoms with Gasteiger partial charge in [0.25, 0.3) is 0 Å². The molecule has 5 rings (SSSR count). The van der Waals surface area contributed by atoms with Gasteiger partial charge >= 0.3 is 0 Å². The van der Waals surface area contributed by atoms with E-state index in [4.69, 9.17) is 9.72 Å². The molecule has 2 N–H and O–H groups in total. The number of hydrogen-bond acceptors (Lipinski definition) is 8. The Hall–Kier alpha value is -3.40. The highest BCUT2D eigenvalue weighted by Gasteiger charge is 2.28. The lowest BCUT2D eigenvalue weighted by Gasteiger charge is -2.30. The van der Waals surface area contributed by atoms with Crippen LogP contribution in [0.5, 0.6) is 0 Å². The van der Waals surface area contributed by atoms with E-state index >= 15 is 0 Å². The summed E-state index contributed by atoms with van der Waals surface area (Å²) in [5.41, 5.74) is 3.24. The standard InChI is InChI=1S/C21H24N8O2/c1-13-8-16(19-25-12-26-28-19)22-9-15(13)17-10-23-20-21(27-17)29(18(30)11-24-20)5-2-14-3-6-31-7-4-14/h8-10,12,14H,2-7,11H2,1H3,(H,23,24)(H,25,26,28). The van der Waals surface area contributed by atoms with Gasteiger partial charge in [0, 0.05) is 31.5 Å². The minimum Gasteiger partial charge on any atom is -0.381 e. The first-order valence-electron chi connectivity index (χ1n) is 10.5. The molecule has 0 bridgehead atoms. The average molecular weight is 420 g/mol. The van der Waals surface area contributed by atoms with Gasteiger partial charge in [-0.1, -0.05) is 0 Å². The van der Waals surface area contributed by atoms with Crippen LogP contribution in [0, 0.1) is 12.8 Å². The minimum atomic E-state index is 0.0153. The molecule has 0 unspecified atom stereocenters. The van der Waals surface area contributed by atoms with Crippen LogP contribution in [0.25, 0.3) is 22.8 Å². The molecule has 3 aromatic heterocycles. The highest BCUT2D eigenvalue weighted by molar-refractivity contribution is 6.00. The van der Waals surface area contributed by atoms with Crippen molar-refractivity contribution in [2.45, 2.75) is 26.2 Å². The summed E-state index contributed by atoms with van der Waals surface area (Å²) in [7, 11) is 0. The number of fused-ring (bicyclic) bond motifs is 1. The van der Waals surface area contributed by atoms with Gasteiger partial charge in [0.2, 0.25) is 5.91 Å². The molecular formula is C21H24N8O2. The number of carbonyl (C=O) groups is 1. The molecule has 31 heavy (non-hydrogen) atoms. The summed E-state index contributed by atoms with van der Waals surface area (Å²) in [6.45, 7) is 4.47. The fourth-order valence-corrected chi connectivity index (χ4v) is 4.05. The van der Waals surface area contributed by atoms with E-state index in [9.17, 15) is 4.79 Å². The van der Waals surface area contributed by atoms with Crippen LogP contribution in [-0.2, 0) is 9.53 Å². The van der Waals surface area contributed by atoms with Crippen molar-refractivity contribution in [3.63, 3.8) is 0 Å². The van der Waals surface area contributed by atoms with E-state index in [0.717, 1.165) is 43.6 Å². The van der Waals surface area contributed by atoms with Crippen LogP contribution >= 0.6 is 0 Å². The normalized spacial score (nSPS) is 16.8. The van der Waals surface area contributed by atoms with Crippen molar-refractivity contribution in [1.82, 2.24) is 30.1 Å². The highest BCUT2D eigenvalue weighted by atomic mass is 16.5. The zero-order valence-electron chi connectivity index (χ0n) is 17.3. The second-order valence-electron chi connectivity index (χ2n) is 7.89. The van der Waals surface area contributed by atoms with Gasteiger partial charge in [-0.15, -0.1) is 0 Å². The predicted molar refractivity (Wildman–Crippen MR) is 114 cm³/mol. The average Bonchev–Trinajstić information content (AvgIpc) is 3.34. The number of hydrogen-bond donors (Lipinski definition) is 2. The van der Waals surface area contributed by atoms with Gasteiger partial charge in [0.15, 0.2) is 17.5 Å². The summed E-state index contributed by atoms with van der Waals surface area (Å²) in [5.74, 6) is 2.42. The molecule has 0 saturated carbocycles. The minimum absolute atomic E-state index is 0.0153. The summed E-state index contributed by atoms with van der Waals surface area (Å²) in [5, 5.41) is 9.78. The van der Waals surface area contributed by atoms with Crippen molar-refractivity contribution in [2.75, 3.05) is 36.5 Å². The number of aryl methyl sites for hydroxylation is 1. The number of nitrogens with one attached hydrogen (secondary N) is 2. The SMILES string of the molecule is Cc1cc(-c2ncn[nH]2)ncc1-c1cnc2c(n1)N(CCC1CCOCC1)C(=O)CN2. The number of ether oxygens (including phenoxy) is 1. The van der Waals surface area contributed by atoms with Crippen molar-refractivity contribution < 1.29 is 9.53 Å². The number of carbonyl (C=O) groups excluding carboxylic acids is 1. The molecule has 2 aliphatic heterocycles. The molecule has 0 aromatic carbocycles. The van der Waals surface area contributed by atoms with Crippen molar-refractivity contribution in [3.05, 3.63) is 30.4 Å². The Balaban J connectivity index is 1.42. The topological polar surface area (TPSA) is 122 Å². The van der Waals surface area contributed by atoms with Gasteiger partial charge in [-0.2, -0.15) is 5.10 Å². The zero-order chi connectivity index (χ0) is 21.2. The number of rotatable bonds is 5. The number of anilines is 2. The van der Waals surface area contributed by atoms with Crippen LogP contribution in [0.4, 0.5) is 11.6 Å². The molecule has 2 aliphatic rings. The van der Waals surface area contributed by atoms with Crippen LogP contribution in [0.15, 0.2) is 24.8 Å². The number of H-pyrrole nitrogens is 1. The van der Waals surface area contributed by atoms with Crippen LogP contribution in [0.2, 0.25) is 0 Å². The smallest absolute Gasteiger partial charge is 0.247 e. The Morgan fingerprint density at radius 1 is 1.16 bits per heavy atom. The fourth-order valence-electron chi connectivity index (χ4n) is 4.05. The monoisotopic (exact) mass is 420 g/mol. The van der Waals surface area contributed by atoms with Crippen LogP contribution in [0.3, 0.4) is 0 Å². The number of amides is 1. The maximum absolute atomic E-state index is 12.7. The number of aromatic nitrogens is 6. The molecule has 1 saturated heterocycles. The first-order valence-corrected chi connectivity index (χ1v) is 10.5. The molecule has 10 nitrogen and oxygen atoms in total. The van der Waals surface area contributed by atoms with Gasteiger partial charge in [0.05, 0.1) is 18.4 Å². The molecule has 3 aromatic rings. The molecule has 160 valence electrons. The lowest BCUT2D eigenvalue weighted by Crippen LogP contribution is -2.42. The summed E-state index contributed by atoms with van der Waals surface area (Å²) in [6.07, 6.45) is 7.95. The van der Waals surface area contributed by atoms with E-state index in [0.29, 0.717) is 41.3 Å². The van der Waals surface area contributed by atoms with Crippen molar-refractivity contribution in [2.24, 2.45) is 5.92 Å². The summed E-state index contributed by atoms with van der Waals surface area (Å²) < 4.78 is 5.45. The zero-order valence-corrected chi connectivity index (χ0v) is 17.3. The first kappa shape index (κ1) is 19.6. The van der Waals surface area contributed by atoms with E-state index < -0.39 is 0 Å². The summed E-state index contributed by atoms with van der Waals surface area (Å²) in [6, 6.07) is 1.93. The molecule has 5 heterocycles. The highest BCUT2D eigenvalue weighted by Crippen LogP contribution is 2.31. The molecule has 1 amide bonds. The molecule has 0 aliphatic carbocycles. The maximum Gasteiger partial charge on any atom is 0.247 e. The lowest BCUT2D eigenvalue weighted by molar-refractivity contribution is -0.117. The van der Waals surface area contributed by atoms with Crippen molar-refractivity contribution in [1.29, 1.82) is 0 Å². The molecule has 1 fully saturated rings. The first-order chi connectivity index (χ1) is 15.2. The molecule has 0 spiro atoms. The number of aromatic amines is 1. The van der Waals surface area contributed by atoms with Crippen LogP contribution in [-0.4, -0.2) is 62.3 Å². The van der Waals surface area contributed by atoms with Gasteiger partial charge < -0.3 is 10.1 Å². The summed E-state index contributed by atoms with van der Waals surface area (Å²) in [4.78, 5) is 32.4. The molecular weight excluding hydrogens is 396 g/mol. The van der Waals surface area contributed by atoms with E-state index in [1.54, 1.807) is 17.3 Å². The van der Waals surface area contributed by atoms with Gasteiger partial charge in [-0.25, -0.2) is 15.0 Å². The van der Waals surface area contributed by atoms with Crippen molar-refractivity contribution in [3.8, 4) is 22.8 Å². The quantitative estimate of drug-likeness (QED) is 0.644. The Morgan fingerprint density at radius 2 is 2.03 bits per heavy atom. The molecule has 0 radical (unpaired) electrons. The number of nitrogens with zero attached hydrogens (tertiary/aromatic N) is 6. The Morgan fingerprint density at radius 3 is 2.81 bits per heavy atom. The Kier molecular flexibility index (Phi) is 5.29. The molecule has 0 atom stereocenters. The third kappa shape index (κ3) is 3.98. The third-order valence-electron chi connectivity index (χ3n) is 5.86. The van der Waals surface area contributed by atoms with E-state index in [2.05, 4.69) is 30.5 Å². The van der Waals surface area contributed by atoms with Crippen LogP contribution in [0.1, 0.15) is 24.8 Å². The van der Waals surface area contributed by atoms with Crippen LogP contribution < -0.4 is 10.2 Å². The molecule has 10 heteroatoms. The Labute approximate surface area is 179 Å². The van der Waals surface area contributed by atoms with Gasteiger partial charge in [-0.3, -0.25) is 19.8 Å². The second-order valence-corrected chi connectivity index (χ2v) is 7.89.